The van der Waals surface area contributed by atoms with Gasteiger partial charge in [-0.3, -0.25) is 27.2 Å². The average molecular weight is 807 g/mol. The van der Waals surface area contributed by atoms with Crippen molar-refractivity contribution in [1.29, 1.82) is 0 Å². The molecule has 3 aliphatic rings. The fourth-order valence-electron chi connectivity index (χ4n) is 5.83. The number of alkyl halides is 1. The molecule has 4 aromatic rings. The van der Waals surface area contributed by atoms with Crippen LogP contribution in [0.25, 0.3) is 22.3 Å². The Bertz CT molecular complexity index is 2060. The van der Waals surface area contributed by atoms with Crippen molar-refractivity contribution < 1.29 is 45.5 Å². The first-order valence-corrected chi connectivity index (χ1v) is 24.0. The molecule has 4 aromatic heterocycles. The standard InChI is InChI=1S/C26H37FN10O9P2S2Si/c1-26(2,3)51(4,5)46-18-13-7-41-47(38,49)44-17-12(42-24(14(17)27)36-10-34-15-20(28)30-8-32-22(15)36)6-40-48(39,50)45-19(18)25(43-13)37-11-35-16-21(29)31-9-33-23(16)37/h8-14,17-19,24-25H,6-7H2,1-5H3,(H,38,49)(H,39,50)(H2,28,30,32)(H2,29,31,33)/t12-,13-,14?,17-,18-,19-,24+,25-,47?,48?/m1/s1. The molecule has 4 N–H and O–H groups in total. The zero-order valence-corrected chi connectivity index (χ0v) is 32.5. The molecule has 51 heavy (non-hydrogen) atoms. The fraction of sp³-hybridized carbons (Fsp3) is 0.615. The molecule has 3 aliphatic heterocycles. The molecule has 0 radical (unpaired) electrons. The van der Waals surface area contributed by atoms with Gasteiger partial charge in [0.2, 0.25) is 0 Å². The van der Waals surface area contributed by atoms with Crippen molar-refractivity contribution in [3.05, 3.63) is 25.3 Å². The van der Waals surface area contributed by atoms with Crippen LogP contribution in [-0.2, 0) is 41.1 Å². The molecule has 0 aromatic carbocycles. The minimum atomic E-state index is -4.38. The summed E-state index contributed by atoms with van der Waals surface area (Å²) in [5.74, 6) is 0.193. The molecular weight excluding hydrogens is 770 g/mol. The Balaban J connectivity index is 1.25. The third-order valence-corrected chi connectivity index (χ3v) is 17.1. The van der Waals surface area contributed by atoms with Gasteiger partial charge in [-0.05, 0) is 18.1 Å². The molecule has 0 saturated carbocycles. The fourth-order valence-corrected chi connectivity index (χ4v) is 10.1. The van der Waals surface area contributed by atoms with Gasteiger partial charge in [-0.25, -0.2) is 43.4 Å². The molecule has 25 heteroatoms. The molecule has 0 spiro atoms. The van der Waals surface area contributed by atoms with E-state index in [2.05, 4.69) is 54.4 Å². The van der Waals surface area contributed by atoms with Gasteiger partial charge in [0.25, 0.3) is 0 Å². The van der Waals surface area contributed by atoms with Gasteiger partial charge in [0.15, 0.2) is 49.9 Å². The maximum atomic E-state index is 16.3. The van der Waals surface area contributed by atoms with E-state index < -0.39 is 84.3 Å². The minimum absolute atomic E-state index is 0.0707. The van der Waals surface area contributed by atoms with Gasteiger partial charge >= 0.3 is 13.6 Å². The molecule has 3 fully saturated rings. The summed E-state index contributed by atoms with van der Waals surface area (Å²) >= 11 is 8.50. The van der Waals surface area contributed by atoms with Crippen LogP contribution in [-0.4, -0.2) is 97.3 Å². The number of hydrogen-bond donors (Lipinski definition) is 4. The Morgan fingerprint density at radius 3 is 1.86 bits per heavy atom. The lowest BCUT2D eigenvalue weighted by molar-refractivity contribution is -0.0567. The summed E-state index contributed by atoms with van der Waals surface area (Å²) < 4.78 is 89.8. The number of nitrogen functional groups attached to an aromatic ring is 2. The minimum Gasteiger partial charge on any atom is -0.408 e. The highest BCUT2D eigenvalue weighted by atomic mass is 32.7. The van der Waals surface area contributed by atoms with Crippen LogP contribution in [0.5, 0.6) is 0 Å². The molecule has 2 bridgehead atoms. The Morgan fingerprint density at radius 1 is 0.824 bits per heavy atom. The van der Waals surface area contributed by atoms with Crippen molar-refractivity contribution >= 4 is 80.4 Å². The summed E-state index contributed by atoms with van der Waals surface area (Å²) in [7, 11) is -2.64. The smallest absolute Gasteiger partial charge is 0.386 e. The van der Waals surface area contributed by atoms with Crippen LogP contribution in [0.3, 0.4) is 0 Å². The maximum absolute atomic E-state index is 16.3. The van der Waals surface area contributed by atoms with Crippen molar-refractivity contribution in [2.24, 2.45) is 0 Å². The molecule has 3 saturated heterocycles. The van der Waals surface area contributed by atoms with E-state index in [1.165, 1.54) is 34.4 Å². The monoisotopic (exact) mass is 806 g/mol. The van der Waals surface area contributed by atoms with Crippen molar-refractivity contribution in [3.8, 4) is 0 Å². The number of anilines is 2. The van der Waals surface area contributed by atoms with Crippen molar-refractivity contribution in [2.75, 3.05) is 24.7 Å². The summed E-state index contributed by atoms with van der Waals surface area (Å²) in [4.78, 5) is 24.9. The number of hydrogen-bond acceptors (Lipinski definition) is 17. The third kappa shape index (κ3) is 6.96. The molecule has 278 valence electrons. The van der Waals surface area contributed by atoms with Gasteiger partial charge in [0, 0.05) is 0 Å². The lowest BCUT2D eigenvalue weighted by Crippen LogP contribution is -2.50. The van der Waals surface area contributed by atoms with Crippen LogP contribution < -0.4 is 11.5 Å². The second-order valence-corrected chi connectivity index (χ2v) is 24.3. The van der Waals surface area contributed by atoms with E-state index in [0.29, 0.717) is 0 Å². The summed E-state index contributed by atoms with van der Waals surface area (Å²) in [6.45, 7) is 0.363. The lowest BCUT2D eigenvalue weighted by atomic mass is 10.1. The normalized spacial score (nSPS) is 35.4. The predicted molar refractivity (Wildman–Crippen MR) is 189 cm³/mol. The number of halogens is 1. The van der Waals surface area contributed by atoms with Crippen molar-refractivity contribution in [3.63, 3.8) is 0 Å². The SMILES string of the molecule is CC(C)(C)[Si](C)(C)O[C@H]1[C@H]2OP(=O)(S)OC[C@H]3O[C@H](n4cnc5c(N)ncnc54)C(F)[C@@H]3OP(=O)(S)OC[C@H]1O[C@H]2n1cnc2c(N)ncnc21. The molecule has 0 aliphatic carbocycles. The van der Waals surface area contributed by atoms with Crippen molar-refractivity contribution in [1.82, 2.24) is 39.0 Å². The van der Waals surface area contributed by atoms with Gasteiger partial charge in [-0.15, -0.1) is 0 Å². The zero-order valence-electron chi connectivity index (χ0n) is 27.9. The van der Waals surface area contributed by atoms with E-state index in [-0.39, 0.29) is 39.0 Å². The molecule has 7 heterocycles. The van der Waals surface area contributed by atoms with E-state index in [0.717, 1.165) is 0 Å². The average Bonchev–Trinajstić information content (AvgIpc) is 3.80. The largest absolute Gasteiger partial charge is 0.408 e. The number of rotatable bonds is 4. The van der Waals surface area contributed by atoms with Crippen LogP contribution in [0, 0.1) is 0 Å². The first-order valence-electron chi connectivity index (χ1n) is 15.7. The second kappa shape index (κ2) is 13.2. The highest BCUT2D eigenvalue weighted by Crippen LogP contribution is 2.61. The highest BCUT2D eigenvalue weighted by Gasteiger charge is 2.56. The van der Waals surface area contributed by atoms with Crippen LogP contribution >= 0.6 is 38.1 Å². The van der Waals surface area contributed by atoms with Crippen LogP contribution in [0.2, 0.25) is 18.1 Å². The maximum Gasteiger partial charge on any atom is 0.386 e. The zero-order chi connectivity index (χ0) is 36.7. The topological polar surface area (TPSA) is 238 Å². The van der Waals surface area contributed by atoms with E-state index in [4.69, 9.17) is 43.5 Å². The van der Waals surface area contributed by atoms with Crippen LogP contribution in [0.4, 0.5) is 16.0 Å². The molecule has 3 unspecified atom stereocenters. The number of fused-ring (bicyclic) bond motifs is 5. The molecular formula is C26H37FN10O9P2S2Si. The number of thiol groups is 2. The number of aromatic nitrogens is 8. The van der Waals surface area contributed by atoms with Gasteiger partial charge in [0.1, 0.15) is 54.2 Å². The van der Waals surface area contributed by atoms with Crippen LogP contribution in [0.1, 0.15) is 33.2 Å². The summed E-state index contributed by atoms with van der Waals surface area (Å²) in [6, 6.07) is 0. The first-order chi connectivity index (χ1) is 23.9. The molecule has 10 atom stereocenters. The van der Waals surface area contributed by atoms with Crippen molar-refractivity contribution in [2.45, 2.75) is 88.1 Å². The third-order valence-electron chi connectivity index (χ3n) is 9.43. The lowest BCUT2D eigenvalue weighted by Gasteiger charge is -2.40. The number of nitrogens with two attached hydrogens (primary N) is 2. The van der Waals surface area contributed by atoms with Gasteiger partial charge < -0.3 is 25.4 Å². The van der Waals surface area contributed by atoms with E-state index in [1.807, 2.05) is 33.9 Å². The molecule has 0 amide bonds. The quantitative estimate of drug-likeness (QED) is 0.128. The van der Waals surface area contributed by atoms with Gasteiger partial charge in [-0.2, -0.15) is 0 Å². The molecule has 19 nitrogen and oxygen atoms in total. The van der Waals surface area contributed by atoms with Crippen LogP contribution in [0.15, 0.2) is 25.3 Å². The first kappa shape index (κ1) is 37.1. The molecule has 7 rings (SSSR count). The highest BCUT2D eigenvalue weighted by molar-refractivity contribution is 8.44. The second-order valence-electron chi connectivity index (χ2n) is 13.8. The Hall–Kier alpha value is -2.27. The summed E-state index contributed by atoms with van der Waals surface area (Å²) in [6.07, 6.45) is -5.55. The number of imidazole rings is 2. The van der Waals surface area contributed by atoms with E-state index in [1.54, 1.807) is 0 Å². The number of nitrogens with zero attached hydrogens (tertiary/aromatic N) is 8. The Kier molecular flexibility index (Phi) is 9.62. The van der Waals surface area contributed by atoms with Gasteiger partial charge in [-0.1, -0.05) is 45.3 Å². The Labute approximate surface area is 302 Å². The van der Waals surface area contributed by atoms with E-state index in [9.17, 15) is 9.13 Å². The predicted octanol–water partition coefficient (Wildman–Crippen LogP) is 4.25. The Morgan fingerprint density at radius 2 is 1.31 bits per heavy atom. The van der Waals surface area contributed by atoms with Gasteiger partial charge in [0.05, 0.1) is 25.9 Å². The van der Waals surface area contributed by atoms with E-state index >= 15 is 4.39 Å². The summed E-state index contributed by atoms with van der Waals surface area (Å²) in [5, 5.41) is -0.295. The number of ether oxygens (including phenoxy) is 2. The summed E-state index contributed by atoms with van der Waals surface area (Å²) in [5.41, 5.74) is 12.9.